The van der Waals surface area contributed by atoms with E-state index >= 15 is 0 Å². The molecule has 2 aromatic heterocycles. The van der Waals surface area contributed by atoms with Crippen LogP contribution < -0.4 is 5.32 Å². The van der Waals surface area contributed by atoms with E-state index in [1.165, 1.54) is 11.3 Å². The zero-order chi connectivity index (χ0) is 19.4. The molecule has 0 bridgehead atoms. The second-order valence-electron chi connectivity index (χ2n) is 6.50. The van der Waals surface area contributed by atoms with Gasteiger partial charge in [0.25, 0.3) is 5.91 Å². The van der Waals surface area contributed by atoms with E-state index in [9.17, 15) is 9.59 Å². The van der Waals surface area contributed by atoms with Crippen LogP contribution in [-0.2, 0) is 9.53 Å². The summed E-state index contributed by atoms with van der Waals surface area (Å²) in [5, 5.41) is 8.29. The number of rotatable bonds is 7. The van der Waals surface area contributed by atoms with Crippen LogP contribution in [0.5, 0.6) is 0 Å². The molecule has 0 radical (unpaired) electrons. The summed E-state index contributed by atoms with van der Waals surface area (Å²) in [6, 6.07) is 11.6. The number of carbonyl (C=O) groups excluding carboxylic acids is 2. The molecule has 142 valence electrons. The predicted molar refractivity (Wildman–Crippen MR) is 106 cm³/mol. The Hall–Kier alpha value is -2.67. The van der Waals surface area contributed by atoms with Gasteiger partial charge in [-0.1, -0.05) is 31.5 Å². The maximum Gasteiger partial charge on any atom is 0.348 e. The van der Waals surface area contributed by atoms with Gasteiger partial charge < -0.3 is 10.1 Å². The summed E-state index contributed by atoms with van der Waals surface area (Å²) in [4.78, 5) is 25.6. The lowest BCUT2D eigenvalue weighted by Crippen LogP contribution is -2.35. The van der Waals surface area contributed by atoms with Gasteiger partial charge in [0.15, 0.2) is 6.61 Å². The van der Waals surface area contributed by atoms with Crippen LogP contribution in [0.15, 0.2) is 36.4 Å². The lowest BCUT2D eigenvalue weighted by Gasteiger charge is -2.12. The van der Waals surface area contributed by atoms with E-state index in [-0.39, 0.29) is 18.6 Å². The molecule has 0 saturated heterocycles. The Morgan fingerprint density at radius 3 is 2.74 bits per heavy atom. The standard InChI is InChI=1S/C20H23N3O3S/c1-4-8-13(2)21-18(24)12-26-20(25)17-11-16-14(3)22-23(19(16)27-17)15-9-6-5-7-10-15/h5-7,9-11,13H,4,8,12H2,1-3H3,(H,21,24). The fraction of sp³-hybridized carbons (Fsp3) is 0.350. The number of nitrogens with one attached hydrogen (secondary N) is 1. The fourth-order valence-corrected chi connectivity index (χ4v) is 3.99. The molecule has 1 aromatic carbocycles. The summed E-state index contributed by atoms with van der Waals surface area (Å²) >= 11 is 1.32. The number of thiophene rings is 1. The van der Waals surface area contributed by atoms with E-state index in [1.54, 1.807) is 6.07 Å². The number of esters is 1. The number of ether oxygens (including phenoxy) is 1. The molecule has 6 nitrogen and oxygen atoms in total. The van der Waals surface area contributed by atoms with Crippen LogP contribution >= 0.6 is 11.3 Å². The minimum Gasteiger partial charge on any atom is -0.451 e. The zero-order valence-electron chi connectivity index (χ0n) is 15.7. The van der Waals surface area contributed by atoms with E-state index in [0.29, 0.717) is 4.88 Å². The zero-order valence-corrected chi connectivity index (χ0v) is 16.5. The SMILES string of the molecule is CCCC(C)NC(=O)COC(=O)c1cc2c(C)nn(-c3ccccc3)c2s1. The van der Waals surface area contributed by atoms with Gasteiger partial charge >= 0.3 is 5.97 Å². The molecule has 1 unspecified atom stereocenters. The van der Waals surface area contributed by atoms with Gasteiger partial charge in [-0.15, -0.1) is 11.3 Å². The van der Waals surface area contributed by atoms with Crippen molar-refractivity contribution in [1.82, 2.24) is 15.1 Å². The number of aryl methyl sites for hydroxylation is 1. The first-order valence-electron chi connectivity index (χ1n) is 9.00. The number of nitrogens with zero attached hydrogens (tertiary/aromatic N) is 2. The molecule has 0 fully saturated rings. The van der Waals surface area contributed by atoms with Crippen molar-refractivity contribution in [2.45, 2.75) is 39.7 Å². The van der Waals surface area contributed by atoms with E-state index < -0.39 is 5.97 Å². The lowest BCUT2D eigenvalue weighted by molar-refractivity contribution is -0.124. The van der Waals surface area contributed by atoms with Crippen LogP contribution in [0.1, 0.15) is 42.1 Å². The molecule has 0 spiro atoms. The van der Waals surface area contributed by atoms with Crippen molar-refractivity contribution in [3.8, 4) is 5.69 Å². The second-order valence-corrected chi connectivity index (χ2v) is 7.53. The third-order valence-electron chi connectivity index (χ3n) is 4.21. The monoisotopic (exact) mass is 385 g/mol. The summed E-state index contributed by atoms with van der Waals surface area (Å²) in [5.41, 5.74) is 1.77. The third-order valence-corrected chi connectivity index (χ3v) is 5.30. The van der Waals surface area contributed by atoms with Crippen LogP contribution in [0, 0.1) is 6.92 Å². The summed E-state index contributed by atoms with van der Waals surface area (Å²) in [5.74, 6) is -0.773. The highest BCUT2D eigenvalue weighted by Crippen LogP contribution is 2.30. The Morgan fingerprint density at radius 2 is 2.04 bits per heavy atom. The van der Waals surface area contributed by atoms with Crippen molar-refractivity contribution >= 4 is 33.4 Å². The summed E-state index contributed by atoms with van der Waals surface area (Å²) in [6.07, 6.45) is 1.88. The molecule has 27 heavy (non-hydrogen) atoms. The minimum atomic E-state index is -0.492. The number of carbonyl (C=O) groups is 2. The normalized spacial score (nSPS) is 12.1. The lowest BCUT2D eigenvalue weighted by atomic mass is 10.2. The summed E-state index contributed by atoms with van der Waals surface area (Å²) < 4.78 is 7.01. The van der Waals surface area contributed by atoms with Crippen molar-refractivity contribution in [2.75, 3.05) is 6.61 Å². The van der Waals surface area contributed by atoms with E-state index in [2.05, 4.69) is 17.3 Å². The molecule has 0 aliphatic carbocycles. The molecule has 0 aliphatic rings. The smallest absolute Gasteiger partial charge is 0.348 e. The molecule has 7 heteroatoms. The molecule has 1 amide bonds. The number of amides is 1. The van der Waals surface area contributed by atoms with Gasteiger partial charge in [-0.25, -0.2) is 9.48 Å². The van der Waals surface area contributed by atoms with Crippen LogP contribution in [0.25, 0.3) is 15.9 Å². The maximum absolute atomic E-state index is 12.4. The highest BCUT2D eigenvalue weighted by Gasteiger charge is 2.19. The first kappa shape index (κ1) is 19.1. The van der Waals surface area contributed by atoms with E-state index in [0.717, 1.165) is 34.4 Å². The van der Waals surface area contributed by atoms with Gasteiger partial charge in [-0.2, -0.15) is 5.10 Å². The largest absolute Gasteiger partial charge is 0.451 e. The minimum absolute atomic E-state index is 0.0741. The van der Waals surface area contributed by atoms with Gasteiger partial charge in [0, 0.05) is 11.4 Å². The number of aromatic nitrogens is 2. The quantitative estimate of drug-likeness (QED) is 0.627. The van der Waals surface area contributed by atoms with Crippen LogP contribution in [0.3, 0.4) is 0 Å². The van der Waals surface area contributed by atoms with Gasteiger partial charge in [0.2, 0.25) is 0 Å². The molecule has 0 aliphatic heterocycles. The van der Waals surface area contributed by atoms with Gasteiger partial charge in [-0.05, 0) is 38.5 Å². The van der Waals surface area contributed by atoms with Crippen molar-refractivity contribution in [1.29, 1.82) is 0 Å². The molecule has 1 N–H and O–H groups in total. The molecule has 3 aromatic rings. The first-order valence-corrected chi connectivity index (χ1v) is 9.82. The van der Waals surface area contributed by atoms with Crippen molar-refractivity contribution in [2.24, 2.45) is 0 Å². The Balaban J connectivity index is 1.72. The Bertz CT molecular complexity index is 946. The summed E-state index contributed by atoms with van der Waals surface area (Å²) in [7, 11) is 0. The summed E-state index contributed by atoms with van der Waals surface area (Å²) in [6.45, 7) is 5.63. The molecular formula is C20H23N3O3S. The van der Waals surface area contributed by atoms with Gasteiger partial charge in [0.05, 0.1) is 11.4 Å². The number of hydrogen-bond acceptors (Lipinski definition) is 5. The van der Waals surface area contributed by atoms with Crippen molar-refractivity contribution < 1.29 is 14.3 Å². The Kier molecular flexibility index (Phi) is 5.91. The molecule has 3 rings (SSSR count). The second kappa shape index (κ2) is 8.35. The third kappa shape index (κ3) is 4.36. The first-order chi connectivity index (χ1) is 13.0. The average molecular weight is 385 g/mol. The van der Waals surface area contributed by atoms with Crippen molar-refractivity contribution in [3.63, 3.8) is 0 Å². The highest BCUT2D eigenvalue weighted by atomic mass is 32.1. The van der Waals surface area contributed by atoms with E-state index in [1.807, 2.05) is 48.9 Å². The van der Waals surface area contributed by atoms with E-state index in [4.69, 9.17) is 4.74 Å². The molecule has 1 atom stereocenters. The molecule has 0 saturated carbocycles. The predicted octanol–water partition coefficient (Wildman–Crippen LogP) is 3.86. The molecular weight excluding hydrogens is 362 g/mol. The molecule has 2 heterocycles. The maximum atomic E-state index is 12.4. The van der Waals surface area contributed by atoms with Crippen LogP contribution in [0.2, 0.25) is 0 Å². The van der Waals surface area contributed by atoms with Crippen LogP contribution in [-0.4, -0.2) is 34.3 Å². The topological polar surface area (TPSA) is 73.2 Å². The number of benzene rings is 1. The van der Waals surface area contributed by atoms with Crippen molar-refractivity contribution in [3.05, 3.63) is 47.0 Å². The highest BCUT2D eigenvalue weighted by molar-refractivity contribution is 7.20. The Morgan fingerprint density at radius 1 is 1.30 bits per heavy atom. The van der Waals surface area contributed by atoms with Gasteiger partial charge in [-0.3, -0.25) is 4.79 Å². The number of fused-ring (bicyclic) bond motifs is 1. The Labute approximate surface area is 162 Å². The van der Waals surface area contributed by atoms with Crippen LogP contribution in [0.4, 0.5) is 0 Å². The number of para-hydroxylation sites is 1. The fourth-order valence-electron chi connectivity index (χ4n) is 2.92. The van der Waals surface area contributed by atoms with Gasteiger partial charge in [0.1, 0.15) is 9.71 Å². The average Bonchev–Trinajstić information content (AvgIpc) is 3.21. The number of hydrogen-bond donors (Lipinski definition) is 1.